The predicted molar refractivity (Wildman–Crippen MR) is 137 cm³/mol. The molecule has 3 aromatic rings. The number of ether oxygens (including phenoxy) is 3. The number of nitrogens with one attached hydrogen (secondary N) is 1. The molecule has 1 amide bonds. The number of non-ortho nitro benzene ring substituents is 1. The molecule has 2 aromatic heterocycles. The normalized spacial score (nSPS) is 24.8. The van der Waals surface area contributed by atoms with E-state index in [1.54, 1.807) is 0 Å². The lowest BCUT2D eigenvalue weighted by Gasteiger charge is -2.26. The Labute approximate surface area is 236 Å². The van der Waals surface area contributed by atoms with E-state index >= 15 is 0 Å². The summed E-state index contributed by atoms with van der Waals surface area (Å²) in [6.07, 6.45) is -2.35. The smallest absolute Gasteiger partial charge is 0.456 e. The summed E-state index contributed by atoms with van der Waals surface area (Å²) in [5.74, 6) is -1.66. The Morgan fingerprint density at radius 1 is 1.14 bits per heavy atom. The summed E-state index contributed by atoms with van der Waals surface area (Å²) in [6, 6.07) is 3.67. The van der Waals surface area contributed by atoms with E-state index in [0.717, 1.165) is 13.8 Å². The van der Waals surface area contributed by atoms with E-state index in [2.05, 4.69) is 20.3 Å². The minimum Gasteiger partial charge on any atom is -0.456 e. The van der Waals surface area contributed by atoms with Crippen molar-refractivity contribution in [3.05, 3.63) is 46.5 Å². The van der Waals surface area contributed by atoms with Crippen molar-refractivity contribution in [3.63, 3.8) is 0 Å². The SMILES string of the molecule is CC(=O)Nc1ncnc2c1ncn2[C@@H]1O[C@H](COP2(=O)OCc3cc([N+](=O)[O-])ccc3O2)[C@@H](OC(C)=O)[C@H]1OC(C)=O. The lowest BCUT2D eigenvalue weighted by atomic mass is 10.1. The maximum absolute atomic E-state index is 13.3. The predicted octanol–water partition coefficient (Wildman–Crippen LogP) is 2.19. The maximum Gasteiger partial charge on any atom is 0.530 e. The molecule has 5 rings (SSSR count). The number of esters is 2. The second kappa shape index (κ2) is 11.4. The third-order valence-corrected chi connectivity index (χ3v) is 7.39. The molecule has 1 unspecified atom stereocenters. The van der Waals surface area contributed by atoms with Crippen molar-refractivity contribution in [2.75, 3.05) is 11.9 Å². The maximum atomic E-state index is 13.3. The molecule has 0 bridgehead atoms. The van der Waals surface area contributed by atoms with Crippen LogP contribution in [0.4, 0.5) is 11.5 Å². The standard InChI is InChI=1S/C23H23N6O12P/c1-11(30)27-21-18-22(25-9-24-21)28(10-26-18)23-20(39-13(3)32)19(38-12(2)31)17(40-23)8-37-42(35)36-7-14-6-15(29(33)34)4-5-16(14)41-42/h4-6,9-10,17,19-20,23H,7-8H2,1-3H3,(H,24,25,27,30)/t17-,19-,20-,23-,42?/m1/s1. The molecule has 42 heavy (non-hydrogen) atoms. The molecule has 1 N–H and O–H groups in total. The number of nitro groups is 1. The zero-order chi connectivity index (χ0) is 30.2. The Bertz CT molecular complexity index is 1630. The number of aromatic nitrogens is 4. The summed E-state index contributed by atoms with van der Waals surface area (Å²) in [5.41, 5.74) is 0.480. The van der Waals surface area contributed by atoms with Crippen molar-refractivity contribution >= 4 is 48.3 Å². The van der Waals surface area contributed by atoms with Crippen LogP contribution in [-0.2, 0) is 48.8 Å². The fourth-order valence-corrected chi connectivity index (χ4v) is 5.64. The second-order valence-electron chi connectivity index (χ2n) is 9.10. The van der Waals surface area contributed by atoms with Gasteiger partial charge in [0.2, 0.25) is 5.91 Å². The van der Waals surface area contributed by atoms with Crippen LogP contribution >= 0.6 is 7.82 Å². The molecule has 2 aliphatic heterocycles. The number of nitrogens with zero attached hydrogens (tertiary/aromatic N) is 5. The van der Waals surface area contributed by atoms with Gasteiger partial charge in [0.25, 0.3) is 5.69 Å². The first-order chi connectivity index (χ1) is 19.9. The monoisotopic (exact) mass is 606 g/mol. The minimum atomic E-state index is -4.26. The van der Waals surface area contributed by atoms with Gasteiger partial charge >= 0.3 is 19.8 Å². The highest BCUT2D eigenvalue weighted by Crippen LogP contribution is 2.55. The number of anilines is 1. The first-order valence-electron chi connectivity index (χ1n) is 12.2. The molecular weight excluding hydrogens is 583 g/mol. The number of phosphoric acid groups is 1. The summed E-state index contributed by atoms with van der Waals surface area (Å²) in [5, 5.41) is 13.6. The Morgan fingerprint density at radius 3 is 2.57 bits per heavy atom. The number of hydrogen-bond acceptors (Lipinski definition) is 15. The molecule has 1 fully saturated rings. The van der Waals surface area contributed by atoms with E-state index in [4.69, 9.17) is 27.8 Å². The molecule has 0 spiro atoms. The molecule has 1 aromatic carbocycles. The van der Waals surface area contributed by atoms with E-state index in [0.29, 0.717) is 0 Å². The van der Waals surface area contributed by atoms with Gasteiger partial charge in [0.05, 0.1) is 24.5 Å². The number of fused-ring (bicyclic) bond motifs is 2. The zero-order valence-corrected chi connectivity index (χ0v) is 23.1. The average molecular weight is 606 g/mol. The van der Waals surface area contributed by atoms with Crippen LogP contribution < -0.4 is 9.84 Å². The summed E-state index contributed by atoms with van der Waals surface area (Å²) in [4.78, 5) is 58.6. The van der Waals surface area contributed by atoms with E-state index in [-0.39, 0.29) is 40.6 Å². The number of carbonyl (C=O) groups is 3. The topological polar surface area (TPSA) is 222 Å². The van der Waals surface area contributed by atoms with Gasteiger partial charge in [-0.25, -0.2) is 19.5 Å². The van der Waals surface area contributed by atoms with Crippen molar-refractivity contribution in [1.82, 2.24) is 19.5 Å². The van der Waals surface area contributed by atoms with Gasteiger partial charge in [0.1, 0.15) is 18.2 Å². The number of benzene rings is 1. The molecule has 0 radical (unpaired) electrons. The van der Waals surface area contributed by atoms with E-state index in [1.165, 1.54) is 42.3 Å². The van der Waals surface area contributed by atoms with Gasteiger partial charge < -0.3 is 24.1 Å². The lowest BCUT2D eigenvalue weighted by molar-refractivity contribution is -0.385. The summed E-state index contributed by atoms with van der Waals surface area (Å²) < 4.78 is 47.8. The number of imidazole rings is 1. The number of hydrogen-bond donors (Lipinski definition) is 1. The van der Waals surface area contributed by atoms with Gasteiger partial charge in [-0.3, -0.25) is 38.1 Å². The lowest BCUT2D eigenvalue weighted by Crippen LogP contribution is -2.40. The van der Waals surface area contributed by atoms with Gasteiger partial charge in [0, 0.05) is 38.5 Å². The van der Waals surface area contributed by atoms with Crippen molar-refractivity contribution < 1.29 is 51.7 Å². The Balaban J connectivity index is 1.42. The van der Waals surface area contributed by atoms with Crippen molar-refractivity contribution in [3.8, 4) is 5.75 Å². The fraction of sp³-hybridized carbons (Fsp3) is 0.391. The quantitative estimate of drug-likeness (QED) is 0.168. The van der Waals surface area contributed by atoms with Crippen molar-refractivity contribution in [2.45, 2.75) is 51.9 Å². The molecule has 18 nitrogen and oxygen atoms in total. The van der Waals surface area contributed by atoms with Crippen LogP contribution in [0.2, 0.25) is 0 Å². The number of nitro benzene ring substituents is 1. The Kier molecular flexibility index (Phi) is 7.87. The van der Waals surface area contributed by atoms with Crippen LogP contribution in [0.15, 0.2) is 30.9 Å². The van der Waals surface area contributed by atoms with Gasteiger partial charge in [-0.15, -0.1) is 0 Å². The number of rotatable bonds is 8. The first-order valence-corrected chi connectivity index (χ1v) is 13.7. The largest absolute Gasteiger partial charge is 0.530 e. The zero-order valence-electron chi connectivity index (χ0n) is 22.2. The van der Waals surface area contributed by atoms with Gasteiger partial charge in [-0.2, -0.15) is 0 Å². The van der Waals surface area contributed by atoms with Gasteiger partial charge in [0.15, 0.2) is 35.4 Å². The highest BCUT2D eigenvalue weighted by atomic mass is 31.2. The van der Waals surface area contributed by atoms with E-state index in [9.17, 15) is 29.1 Å². The summed E-state index contributed by atoms with van der Waals surface area (Å²) >= 11 is 0. The first kappa shape index (κ1) is 29.0. The molecule has 19 heteroatoms. The van der Waals surface area contributed by atoms with Crippen LogP contribution in [0.3, 0.4) is 0 Å². The van der Waals surface area contributed by atoms with Crippen LogP contribution in [0.1, 0.15) is 32.6 Å². The highest BCUT2D eigenvalue weighted by molar-refractivity contribution is 7.49. The molecule has 0 saturated carbocycles. The molecular formula is C23H23N6O12P. The number of amides is 1. The Morgan fingerprint density at radius 2 is 1.88 bits per heavy atom. The number of phosphoric ester groups is 1. The van der Waals surface area contributed by atoms with Crippen molar-refractivity contribution in [1.29, 1.82) is 0 Å². The molecule has 2 aliphatic rings. The molecule has 5 atom stereocenters. The van der Waals surface area contributed by atoms with E-state index in [1.807, 2.05) is 0 Å². The van der Waals surface area contributed by atoms with Gasteiger partial charge in [-0.05, 0) is 6.07 Å². The average Bonchev–Trinajstić information content (AvgIpc) is 3.48. The van der Waals surface area contributed by atoms with Crippen LogP contribution in [0, 0.1) is 10.1 Å². The summed E-state index contributed by atoms with van der Waals surface area (Å²) in [7, 11) is -4.26. The second-order valence-corrected chi connectivity index (χ2v) is 10.7. The fourth-order valence-electron chi connectivity index (χ4n) is 4.42. The Hall–Kier alpha value is -4.51. The minimum absolute atomic E-state index is 0.0641. The van der Waals surface area contributed by atoms with Crippen LogP contribution in [0.25, 0.3) is 11.2 Å². The van der Waals surface area contributed by atoms with Crippen molar-refractivity contribution in [2.24, 2.45) is 0 Å². The molecule has 1 saturated heterocycles. The highest BCUT2D eigenvalue weighted by Gasteiger charge is 2.52. The van der Waals surface area contributed by atoms with E-state index < -0.39 is 61.7 Å². The number of carbonyl (C=O) groups excluding carboxylic acids is 3. The molecule has 4 heterocycles. The third-order valence-electron chi connectivity index (χ3n) is 6.06. The van der Waals surface area contributed by atoms with Crippen LogP contribution in [-0.4, -0.2) is 67.2 Å². The molecule has 222 valence electrons. The molecule has 0 aliphatic carbocycles. The third kappa shape index (κ3) is 5.91. The summed E-state index contributed by atoms with van der Waals surface area (Å²) in [6.45, 7) is 2.76. The van der Waals surface area contributed by atoms with Crippen LogP contribution in [0.5, 0.6) is 5.75 Å². The van der Waals surface area contributed by atoms with Gasteiger partial charge in [-0.1, -0.05) is 0 Å².